The van der Waals surface area contributed by atoms with Crippen LogP contribution in [0.15, 0.2) is 66.1 Å². The highest BCUT2D eigenvalue weighted by Crippen LogP contribution is 2.22. The van der Waals surface area contributed by atoms with Crippen LogP contribution in [0.4, 0.5) is 0 Å². The Labute approximate surface area is 156 Å². The maximum atomic E-state index is 12.1. The predicted molar refractivity (Wildman–Crippen MR) is 102 cm³/mol. The normalized spacial score (nSPS) is 10.6. The van der Waals surface area contributed by atoms with Crippen molar-refractivity contribution in [3.63, 3.8) is 0 Å². The van der Waals surface area contributed by atoms with Gasteiger partial charge in [0.25, 0.3) is 0 Å². The number of thioether (sulfide) groups is 1. The molecule has 2 aromatic carbocycles. The second kappa shape index (κ2) is 8.23. The van der Waals surface area contributed by atoms with Crippen molar-refractivity contribution in [2.24, 2.45) is 0 Å². The van der Waals surface area contributed by atoms with E-state index < -0.39 is 0 Å². The Morgan fingerprint density at radius 3 is 2.72 bits per heavy atom. The number of para-hydroxylation sites is 1. The molecule has 1 N–H and O–H groups in total. The van der Waals surface area contributed by atoms with Gasteiger partial charge in [0, 0.05) is 24.0 Å². The van der Waals surface area contributed by atoms with E-state index in [1.807, 2.05) is 53.2 Å². The van der Waals surface area contributed by atoms with Crippen molar-refractivity contribution in [1.29, 1.82) is 0 Å². The number of nitrogens with zero attached hydrogens (tertiary/aromatic N) is 2. The van der Waals surface area contributed by atoms with Gasteiger partial charge in [0.1, 0.15) is 0 Å². The molecule has 4 nitrogen and oxygen atoms in total. The first-order valence-electron chi connectivity index (χ1n) is 7.87. The molecular formula is C19H18ClN3OS. The van der Waals surface area contributed by atoms with Gasteiger partial charge in [-0.2, -0.15) is 0 Å². The van der Waals surface area contributed by atoms with Crippen molar-refractivity contribution in [2.75, 3.05) is 5.75 Å². The molecule has 0 saturated carbocycles. The average molecular weight is 372 g/mol. The van der Waals surface area contributed by atoms with Gasteiger partial charge >= 0.3 is 0 Å². The minimum absolute atomic E-state index is 0.0284. The Balaban J connectivity index is 1.57. The fraction of sp³-hybridized carbons (Fsp3) is 0.158. The lowest BCUT2D eigenvalue weighted by molar-refractivity contribution is -0.118. The minimum Gasteiger partial charge on any atom is -0.351 e. The Morgan fingerprint density at radius 2 is 1.96 bits per heavy atom. The van der Waals surface area contributed by atoms with Gasteiger partial charge in [-0.05, 0) is 36.2 Å². The molecule has 0 saturated heterocycles. The topological polar surface area (TPSA) is 46.9 Å². The molecule has 0 bridgehead atoms. The molecule has 25 heavy (non-hydrogen) atoms. The monoisotopic (exact) mass is 371 g/mol. The van der Waals surface area contributed by atoms with Crippen LogP contribution in [0.2, 0.25) is 5.02 Å². The number of carbonyl (C=O) groups excluding carboxylic acids is 1. The van der Waals surface area contributed by atoms with Gasteiger partial charge in [-0.3, -0.25) is 9.36 Å². The zero-order valence-corrected chi connectivity index (χ0v) is 15.3. The smallest absolute Gasteiger partial charge is 0.230 e. The first-order chi connectivity index (χ1) is 12.1. The van der Waals surface area contributed by atoms with Gasteiger partial charge in [-0.25, -0.2) is 4.98 Å². The molecule has 1 amide bonds. The molecular weight excluding hydrogens is 354 g/mol. The Bertz CT molecular complexity index is 861. The summed E-state index contributed by atoms with van der Waals surface area (Å²) in [5.41, 5.74) is 3.25. The summed E-state index contributed by atoms with van der Waals surface area (Å²) in [5.74, 6) is 0.288. The first-order valence-corrected chi connectivity index (χ1v) is 9.23. The summed E-state index contributed by atoms with van der Waals surface area (Å²) in [5, 5.41) is 4.40. The molecule has 3 rings (SSSR count). The summed E-state index contributed by atoms with van der Waals surface area (Å²) in [6.07, 6.45) is 3.66. The second-order valence-corrected chi connectivity index (χ2v) is 6.94. The number of benzene rings is 2. The highest BCUT2D eigenvalue weighted by atomic mass is 35.5. The van der Waals surface area contributed by atoms with E-state index >= 15 is 0 Å². The van der Waals surface area contributed by atoms with E-state index in [1.165, 1.54) is 11.8 Å². The zero-order valence-electron chi connectivity index (χ0n) is 13.8. The van der Waals surface area contributed by atoms with Crippen LogP contribution in [0, 0.1) is 6.92 Å². The van der Waals surface area contributed by atoms with Crippen molar-refractivity contribution in [1.82, 2.24) is 14.9 Å². The lowest BCUT2D eigenvalue weighted by atomic mass is 10.2. The van der Waals surface area contributed by atoms with Crippen LogP contribution in [-0.4, -0.2) is 21.2 Å². The number of rotatable bonds is 6. The van der Waals surface area contributed by atoms with Crippen molar-refractivity contribution in [3.8, 4) is 5.69 Å². The van der Waals surface area contributed by atoms with Crippen LogP contribution in [0.3, 0.4) is 0 Å². The summed E-state index contributed by atoms with van der Waals surface area (Å²) < 4.78 is 2.01. The van der Waals surface area contributed by atoms with E-state index in [-0.39, 0.29) is 5.91 Å². The lowest BCUT2D eigenvalue weighted by Gasteiger charge is -2.10. The summed E-state index contributed by atoms with van der Waals surface area (Å²) in [7, 11) is 0. The van der Waals surface area contributed by atoms with Crippen LogP contribution < -0.4 is 5.32 Å². The molecule has 128 valence electrons. The average Bonchev–Trinajstić information content (AvgIpc) is 3.08. The van der Waals surface area contributed by atoms with Gasteiger partial charge in [0.2, 0.25) is 5.91 Å². The van der Waals surface area contributed by atoms with Crippen molar-refractivity contribution in [3.05, 3.63) is 77.1 Å². The maximum absolute atomic E-state index is 12.1. The van der Waals surface area contributed by atoms with Crippen LogP contribution in [0.25, 0.3) is 5.69 Å². The minimum atomic E-state index is -0.0284. The van der Waals surface area contributed by atoms with Crippen molar-refractivity contribution >= 4 is 29.3 Å². The number of imidazole rings is 1. The molecule has 0 atom stereocenters. The van der Waals surface area contributed by atoms with Crippen LogP contribution in [0.5, 0.6) is 0 Å². The fourth-order valence-electron chi connectivity index (χ4n) is 2.40. The molecule has 0 aliphatic heterocycles. The first kappa shape index (κ1) is 17.6. The number of carbonyl (C=O) groups is 1. The fourth-order valence-corrected chi connectivity index (χ4v) is 3.32. The summed E-state index contributed by atoms with van der Waals surface area (Å²) in [4.78, 5) is 16.5. The van der Waals surface area contributed by atoms with E-state index in [4.69, 9.17) is 11.6 Å². The Morgan fingerprint density at radius 1 is 1.20 bits per heavy atom. The number of amides is 1. The largest absolute Gasteiger partial charge is 0.351 e. The molecule has 0 radical (unpaired) electrons. The molecule has 3 aromatic rings. The van der Waals surface area contributed by atoms with E-state index in [9.17, 15) is 4.79 Å². The predicted octanol–water partition coefficient (Wildman–Crippen LogP) is 4.24. The van der Waals surface area contributed by atoms with Crippen LogP contribution in [-0.2, 0) is 11.3 Å². The van der Waals surface area contributed by atoms with E-state index in [1.54, 1.807) is 6.20 Å². The number of aryl methyl sites for hydroxylation is 1. The van der Waals surface area contributed by atoms with Gasteiger partial charge in [-0.1, -0.05) is 53.7 Å². The summed E-state index contributed by atoms with van der Waals surface area (Å²) >= 11 is 7.28. The third-order valence-corrected chi connectivity index (χ3v) is 4.94. The third-order valence-electron chi connectivity index (χ3n) is 3.72. The number of nitrogens with one attached hydrogen (secondary N) is 1. The quantitative estimate of drug-likeness (QED) is 0.659. The summed E-state index contributed by atoms with van der Waals surface area (Å²) in [6, 6.07) is 15.5. The molecule has 0 spiro atoms. The number of halogens is 1. The Kier molecular flexibility index (Phi) is 5.79. The van der Waals surface area contributed by atoms with Gasteiger partial charge in [-0.15, -0.1) is 0 Å². The molecule has 1 heterocycles. The highest BCUT2D eigenvalue weighted by Gasteiger charge is 2.10. The molecule has 0 aliphatic carbocycles. The van der Waals surface area contributed by atoms with Crippen molar-refractivity contribution < 1.29 is 4.79 Å². The van der Waals surface area contributed by atoms with E-state index in [0.29, 0.717) is 17.3 Å². The molecule has 1 aromatic heterocycles. The number of hydrogen-bond donors (Lipinski definition) is 1. The van der Waals surface area contributed by atoms with Gasteiger partial charge in [0.15, 0.2) is 5.16 Å². The summed E-state index contributed by atoms with van der Waals surface area (Å²) in [6.45, 7) is 2.55. The highest BCUT2D eigenvalue weighted by molar-refractivity contribution is 7.99. The van der Waals surface area contributed by atoms with E-state index in [2.05, 4.69) is 23.3 Å². The van der Waals surface area contributed by atoms with E-state index in [0.717, 1.165) is 22.0 Å². The molecule has 6 heteroatoms. The van der Waals surface area contributed by atoms with Gasteiger partial charge in [0.05, 0.1) is 11.4 Å². The van der Waals surface area contributed by atoms with Crippen molar-refractivity contribution in [2.45, 2.75) is 18.6 Å². The molecule has 0 aliphatic rings. The van der Waals surface area contributed by atoms with Crippen LogP contribution >= 0.6 is 23.4 Å². The maximum Gasteiger partial charge on any atom is 0.230 e. The zero-order chi connectivity index (χ0) is 17.6. The second-order valence-electron chi connectivity index (χ2n) is 5.56. The lowest BCUT2D eigenvalue weighted by Crippen LogP contribution is -2.24. The number of aromatic nitrogens is 2. The third kappa shape index (κ3) is 4.65. The number of hydrogen-bond acceptors (Lipinski definition) is 3. The molecule has 0 unspecified atom stereocenters. The SMILES string of the molecule is Cc1ccccc1-n1ccnc1SCC(=O)NCc1ccc(Cl)cc1. The van der Waals surface area contributed by atoms with Crippen LogP contribution in [0.1, 0.15) is 11.1 Å². The Hall–Kier alpha value is -2.24. The molecule has 0 fully saturated rings. The standard InChI is InChI=1S/C19H18ClN3OS/c1-14-4-2-3-5-17(14)23-11-10-21-19(23)25-13-18(24)22-12-15-6-8-16(20)9-7-15/h2-11H,12-13H2,1H3,(H,22,24). The van der Waals surface area contributed by atoms with Gasteiger partial charge < -0.3 is 5.32 Å².